The zero-order chi connectivity index (χ0) is 18.8. The van der Waals surface area contributed by atoms with Gasteiger partial charge in [-0.1, -0.05) is 32.0 Å². The van der Waals surface area contributed by atoms with E-state index in [0.717, 1.165) is 5.56 Å². The third kappa shape index (κ3) is 3.97. The summed E-state index contributed by atoms with van der Waals surface area (Å²) in [6, 6.07) is 6.17. The van der Waals surface area contributed by atoms with Crippen LogP contribution in [0.4, 0.5) is 4.39 Å². The van der Waals surface area contributed by atoms with E-state index in [1.165, 1.54) is 4.90 Å². The molecule has 136 valence electrons. The van der Waals surface area contributed by atoms with Gasteiger partial charge in [0, 0.05) is 18.5 Å². The molecular formula is C18H23FN2O4. The SMILES string of the molecule is Cc1ccccc1C(=O)NC(C(=O)N1CCC(F)(C(=O)O)C1)C(C)C. The van der Waals surface area contributed by atoms with Gasteiger partial charge in [-0.05, 0) is 24.5 Å². The molecule has 2 unspecified atom stereocenters. The van der Waals surface area contributed by atoms with Crippen LogP contribution in [0.5, 0.6) is 0 Å². The first-order valence-electron chi connectivity index (χ1n) is 8.23. The number of carboxylic acid groups (broad SMARTS) is 1. The Hall–Kier alpha value is -2.44. The van der Waals surface area contributed by atoms with E-state index in [1.807, 2.05) is 6.07 Å². The first-order chi connectivity index (χ1) is 11.7. The van der Waals surface area contributed by atoms with Gasteiger partial charge in [0.2, 0.25) is 11.6 Å². The molecule has 2 amide bonds. The van der Waals surface area contributed by atoms with Crippen LogP contribution in [0.1, 0.15) is 36.2 Å². The van der Waals surface area contributed by atoms with E-state index < -0.39 is 30.1 Å². The molecule has 2 N–H and O–H groups in total. The number of amides is 2. The molecule has 0 saturated carbocycles. The number of likely N-dealkylation sites (tertiary alicyclic amines) is 1. The summed E-state index contributed by atoms with van der Waals surface area (Å²) in [5.74, 6) is -2.63. The number of nitrogens with zero attached hydrogens (tertiary/aromatic N) is 1. The molecule has 0 spiro atoms. The number of carbonyl (C=O) groups is 3. The van der Waals surface area contributed by atoms with Crippen molar-refractivity contribution in [1.29, 1.82) is 0 Å². The molecule has 1 aromatic rings. The molecule has 25 heavy (non-hydrogen) atoms. The zero-order valence-electron chi connectivity index (χ0n) is 14.6. The molecule has 1 saturated heterocycles. The molecule has 1 fully saturated rings. The van der Waals surface area contributed by atoms with Crippen molar-refractivity contribution in [2.75, 3.05) is 13.1 Å². The van der Waals surface area contributed by atoms with Gasteiger partial charge < -0.3 is 15.3 Å². The van der Waals surface area contributed by atoms with Crippen molar-refractivity contribution in [3.8, 4) is 0 Å². The third-order valence-electron chi connectivity index (χ3n) is 4.52. The van der Waals surface area contributed by atoms with Crippen molar-refractivity contribution in [2.45, 2.75) is 38.9 Å². The van der Waals surface area contributed by atoms with E-state index in [0.29, 0.717) is 5.56 Å². The lowest BCUT2D eigenvalue weighted by atomic mass is 10.0. The predicted octanol–water partition coefficient (Wildman–Crippen LogP) is 1.77. The molecule has 6 nitrogen and oxygen atoms in total. The highest BCUT2D eigenvalue weighted by Gasteiger charge is 2.48. The lowest BCUT2D eigenvalue weighted by molar-refractivity contribution is -0.150. The van der Waals surface area contributed by atoms with Gasteiger partial charge in [0.25, 0.3) is 5.91 Å². The van der Waals surface area contributed by atoms with E-state index in [2.05, 4.69) is 5.32 Å². The number of hydrogen-bond acceptors (Lipinski definition) is 3. The van der Waals surface area contributed by atoms with E-state index in [1.54, 1.807) is 39.0 Å². The summed E-state index contributed by atoms with van der Waals surface area (Å²) in [7, 11) is 0. The molecule has 2 atom stereocenters. The number of aliphatic carboxylic acids is 1. The van der Waals surface area contributed by atoms with Crippen molar-refractivity contribution in [3.05, 3.63) is 35.4 Å². The molecule has 1 aliphatic rings. The number of carboxylic acids is 1. The molecule has 1 heterocycles. The summed E-state index contributed by atoms with van der Waals surface area (Å²) in [5.41, 5.74) is -1.17. The van der Waals surface area contributed by atoms with Crippen molar-refractivity contribution < 1.29 is 23.9 Å². The number of halogens is 1. The second-order valence-corrected chi connectivity index (χ2v) is 6.79. The fourth-order valence-corrected chi connectivity index (χ4v) is 2.89. The van der Waals surface area contributed by atoms with Gasteiger partial charge in [0.05, 0.1) is 6.54 Å². The molecule has 1 aromatic carbocycles. The van der Waals surface area contributed by atoms with E-state index in [9.17, 15) is 18.8 Å². The van der Waals surface area contributed by atoms with Gasteiger partial charge in [0.15, 0.2) is 0 Å². The summed E-state index contributed by atoms with van der Waals surface area (Å²) in [5, 5.41) is 11.7. The minimum atomic E-state index is -2.42. The molecule has 0 radical (unpaired) electrons. The fourth-order valence-electron chi connectivity index (χ4n) is 2.89. The normalized spacial score (nSPS) is 21.2. The highest BCUT2D eigenvalue weighted by molar-refractivity contribution is 5.98. The quantitative estimate of drug-likeness (QED) is 0.847. The summed E-state index contributed by atoms with van der Waals surface area (Å²) >= 11 is 0. The Morgan fingerprint density at radius 1 is 1.28 bits per heavy atom. The largest absolute Gasteiger partial charge is 0.479 e. The number of benzene rings is 1. The third-order valence-corrected chi connectivity index (χ3v) is 4.52. The highest BCUT2D eigenvalue weighted by atomic mass is 19.1. The second kappa shape index (κ2) is 7.21. The van der Waals surface area contributed by atoms with Crippen molar-refractivity contribution in [2.24, 2.45) is 5.92 Å². The van der Waals surface area contributed by atoms with Crippen LogP contribution in [-0.4, -0.2) is 52.6 Å². The van der Waals surface area contributed by atoms with Gasteiger partial charge in [0.1, 0.15) is 6.04 Å². The van der Waals surface area contributed by atoms with Gasteiger partial charge in [-0.2, -0.15) is 0 Å². The van der Waals surface area contributed by atoms with Crippen LogP contribution in [0, 0.1) is 12.8 Å². The van der Waals surface area contributed by atoms with Crippen molar-refractivity contribution in [1.82, 2.24) is 10.2 Å². The first kappa shape index (κ1) is 18.9. The molecule has 7 heteroatoms. The number of carbonyl (C=O) groups excluding carboxylic acids is 2. The second-order valence-electron chi connectivity index (χ2n) is 6.79. The first-order valence-corrected chi connectivity index (χ1v) is 8.23. The average Bonchev–Trinajstić information content (AvgIpc) is 2.96. The Kier molecular flexibility index (Phi) is 5.45. The number of nitrogens with one attached hydrogen (secondary N) is 1. The van der Waals surface area contributed by atoms with Crippen molar-refractivity contribution >= 4 is 17.8 Å². The van der Waals surface area contributed by atoms with Gasteiger partial charge in [-0.25, -0.2) is 9.18 Å². The van der Waals surface area contributed by atoms with Crippen LogP contribution >= 0.6 is 0 Å². The molecule has 0 aromatic heterocycles. The van der Waals surface area contributed by atoms with E-state index in [-0.39, 0.29) is 24.8 Å². The number of aryl methyl sites for hydroxylation is 1. The maximum atomic E-state index is 14.2. The monoisotopic (exact) mass is 350 g/mol. The summed E-state index contributed by atoms with van der Waals surface area (Å²) in [6.07, 6.45) is -0.245. The average molecular weight is 350 g/mol. The van der Waals surface area contributed by atoms with Crippen molar-refractivity contribution in [3.63, 3.8) is 0 Å². The molecule has 1 aliphatic heterocycles. The Labute approximate surface area is 146 Å². The Balaban J connectivity index is 2.13. The minimum Gasteiger partial charge on any atom is -0.479 e. The fraction of sp³-hybridized carbons (Fsp3) is 0.500. The Morgan fingerprint density at radius 2 is 1.92 bits per heavy atom. The van der Waals surface area contributed by atoms with Crippen LogP contribution < -0.4 is 5.32 Å². The smallest absolute Gasteiger partial charge is 0.343 e. The number of hydrogen-bond donors (Lipinski definition) is 2. The molecule has 0 bridgehead atoms. The van der Waals surface area contributed by atoms with Crippen LogP contribution in [0.15, 0.2) is 24.3 Å². The van der Waals surface area contributed by atoms with E-state index in [4.69, 9.17) is 5.11 Å². The maximum absolute atomic E-state index is 14.2. The summed E-state index contributed by atoms with van der Waals surface area (Å²) < 4.78 is 14.2. The van der Waals surface area contributed by atoms with Gasteiger partial charge in [-0.3, -0.25) is 9.59 Å². The lowest BCUT2D eigenvalue weighted by Crippen LogP contribution is -2.51. The zero-order valence-corrected chi connectivity index (χ0v) is 14.6. The maximum Gasteiger partial charge on any atom is 0.343 e. The van der Waals surface area contributed by atoms with Crippen LogP contribution in [-0.2, 0) is 9.59 Å². The predicted molar refractivity (Wildman–Crippen MR) is 89.9 cm³/mol. The van der Waals surface area contributed by atoms with Gasteiger partial charge in [-0.15, -0.1) is 0 Å². The highest BCUT2D eigenvalue weighted by Crippen LogP contribution is 2.27. The Morgan fingerprint density at radius 3 is 2.44 bits per heavy atom. The van der Waals surface area contributed by atoms with Crippen LogP contribution in [0.25, 0.3) is 0 Å². The van der Waals surface area contributed by atoms with Crippen LogP contribution in [0.3, 0.4) is 0 Å². The lowest BCUT2D eigenvalue weighted by Gasteiger charge is -2.27. The summed E-state index contributed by atoms with van der Waals surface area (Å²) in [6.45, 7) is 4.87. The molecule has 2 rings (SSSR count). The van der Waals surface area contributed by atoms with E-state index >= 15 is 0 Å². The standard InChI is InChI=1S/C18H23FN2O4/c1-11(2)14(20-15(22)13-7-5-4-6-12(13)3)16(23)21-9-8-18(19,10-21)17(24)25/h4-7,11,14H,8-10H2,1-3H3,(H,20,22)(H,24,25). The van der Waals surface area contributed by atoms with Gasteiger partial charge >= 0.3 is 5.97 Å². The number of rotatable bonds is 5. The molecule has 0 aliphatic carbocycles. The number of alkyl halides is 1. The Bertz CT molecular complexity index is 691. The van der Waals surface area contributed by atoms with Crippen LogP contribution in [0.2, 0.25) is 0 Å². The minimum absolute atomic E-state index is 0.0189. The molecular weight excluding hydrogens is 327 g/mol. The topological polar surface area (TPSA) is 86.7 Å². The summed E-state index contributed by atoms with van der Waals surface area (Å²) in [4.78, 5) is 37.4.